The number of hydrogen-bond acceptors (Lipinski definition) is 6. The Labute approximate surface area is 220 Å². The molecule has 1 saturated heterocycles. The monoisotopic (exact) mass is 519 g/mol. The number of amides is 1. The smallest absolute Gasteiger partial charge is 0.319 e. The fourth-order valence-electron chi connectivity index (χ4n) is 5.94. The molecular formula is C29H31F2N5O2. The molecule has 3 atom stereocenters. The molecule has 0 unspecified atom stereocenters. The number of fused-ring (bicyclic) bond motifs is 4. The van der Waals surface area contributed by atoms with Crippen molar-refractivity contribution in [1.82, 2.24) is 20.2 Å². The molecule has 2 fully saturated rings. The summed E-state index contributed by atoms with van der Waals surface area (Å²) in [4.78, 5) is 22.7. The molecule has 1 aliphatic heterocycles. The summed E-state index contributed by atoms with van der Waals surface area (Å²) in [6, 6.07) is 10.1. The lowest BCUT2D eigenvalue weighted by molar-refractivity contribution is -0.118. The lowest BCUT2D eigenvalue weighted by Crippen LogP contribution is -2.31. The molecule has 2 N–H and O–H groups in total. The zero-order valence-corrected chi connectivity index (χ0v) is 21.4. The fraction of sp³-hybridized carbons (Fsp3) is 0.414. The zero-order chi connectivity index (χ0) is 26.4. The van der Waals surface area contributed by atoms with E-state index in [1.54, 1.807) is 6.07 Å². The van der Waals surface area contributed by atoms with Crippen LogP contribution in [0.5, 0.6) is 6.01 Å². The van der Waals surface area contributed by atoms with Gasteiger partial charge in [-0.25, -0.2) is 8.78 Å². The molecule has 6 rings (SSSR count). The first-order chi connectivity index (χ1) is 18.4. The van der Waals surface area contributed by atoms with Crippen molar-refractivity contribution in [1.29, 1.82) is 0 Å². The van der Waals surface area contributed by atoms with E-state index in [9.17, 15) is 9.18 Å². The summed E-state index contributed by atoms with van der Waals surface area (Å²) >= 11 is 0. The lowest BCUT2D eigenvalue weighted by Gasteiger charge is -2.19. The van der Waals surface area contributed by atoms with Crippen LogP contribution in [0.2, 0.25) is 0 Å². The molecule has 2 aliphatic carbocycles. The topological polar surface area (TPSA) is 79.4 Å². The number of likely N-dealkylation sites (tertiary alicyclic amines) is 1. The number of ether oxygens (including phenoxy) is 1. The molecule has 0 spiro atoms. The van der Waals surface area contributed by atoms with Crippen LogP contribution >= 0.6 is 0 Å². The minimum Gasteiger partial charge on any atom is -0.462 e. The van der Waals surface area contributed by atoms with Crippen molar-refractivity contribution in [3.05, 3.63) is 59.7 Å². The van der Waals surface area contributed by atoms with Crippen molar-refractivity contribution >= 4 is 22.6 Å². The Hall–Kier alpha value is -3.59. The number of likely N-dealkylation sites (N-methyl/N-ethyl adjacent to an activating group) is 1. The Bertz CT molecular complexity index is 1430. The predicted molar refractivity (Wildman–Crippen MR) is 142 cm³/mol. The largest absolute Gasteiger partial charge is 0.462 e. The summed E-state index contributed by atoms with van der Waals surface area (Å²) in [6.45, 7) is 4.79. The van der Waals surface area contributed by atoms with Gasteiger partial charge in [0.25, 0.3) is 5.91 Å². The Morgan fingerprint density at radius 3 is 2.87 bits per heavy atom. The van der Waals surface area contributed by atoms with E-state index in [0.717, 1.165) is 31.4 Å². The van der Waals surface area contributed by atoms with Gasteiger partial charge in [-0.3, -0.25) is 4.79 Å². The highest BCUT2D eigenvalue weighted by Crippen LogP contribution is 2.58. The molecule has 0 radical (unpaired) electrons. The molecule has 1 saturated carbocycles. The van der Waals surface area contributed by atoms with E-state index in [1.165, 1.54) is 17.5 Å². The van der Waals surface area contributed by atoms with Crippen LogP contribution in [0, 0.1) is 11.7 Å². The molecule has 2 aromatic carbocycles. The Morgan fingerprint density at radius 2 is 2.08 bits per heavy atom. The molecule has 3 aliphatic rings. The van der Waals surface area contributed by atoms with Crippen molar-refractivity contribution in [2.75, 3.05) is 38.6 Å². The van der Waals surface area contributed by atoms with Crippen molar-refractivity contribution in [2.24, 2.45) is 5.92 Å². The highest BCUT2D eigenvalue weighted by Gasteiger charge is 2.46. The van der Waals surface area contributed by atoms with Gasteiger partial charge in [-0.05, 0) is 73.9 Å². The van der Waals surface area contributed by atoms with Crippen LogP contribution in [0.15, 0.2) is 42.7 Å². The lowest BCUT2D eigenvalue weighted by atomic mass is 9.93. The molecule has 7 nitrogen and oxygen atoms in total. The SMILES string of the molecule is C=C(F)C(=O)NCCNc1nc(OC[C@@H]2CCCN2C)nc2c(F)c(-c3cccc4c3[C@@H]3C[C@@H]3C4)ccc12. The third-order valence-corrected chi connectivity index (χ3v) is 8.07. The summed E-state index contributed by atoms with van der Waals surface area (Å²) in [5, 5.41) is 6.06. The van der Waals surface area contributed by atoms with E-state index < -0.39 is 17.6 Å². The quantitative estimate of drug-likeness (QED) is 0.318. The number of hydrogen-bond donors (Lipinski definition) is 2. The first-order valence-electron chi connectivity index (χ1n) is 13.2. The normalized spacial score (nSPS) is 21.7. The third kappa shape index (κ3) is 4.60. The first kappa shape index (κ1) is 24.7. The summed E-state index contributed by atoms with van der Waals surface area (Å²) in [5.74, 6) is -0.717. The van der Waals surface area contributed by atoms with Gasteiger partial charge < -0.3 is 20.3 Å². The van der Waals surface area contributed by atoms with Gasteiger partial charge in [0, 0.05) is 30.1 Å². The van der Waals surface area contributed by atoms with Crippen LogP contribution in [0.4, 0.5) is 14.6 Å². The van der Waals surface area contributed by atoms with Crippen LogP contribution in [0.25, 0.3) is 22.0 Å². The standard InChI is InChI=1S/C29H31F2N5O2/c1-16(30)28(37)33-11-10-32-27-22-9-8-21(20-7-3-5-17-13-18-14-23(18)24(17)20)25(31)26(22)34-29(35-27)38-15-19-6-4-12-36(19)2/h3,5,7-9,18-19,23H,1,4,6,10-15H2,2H3,(H,33,37)(H,32,34,35)/t18-,19-,23+/m0/s1. The molecule has 9 heteroatoms. The van der Waals surface area contributed by atoms with Crippen LogP contribution in [0.1, 0.15) is 36.3 Å². The number of benzene rings is 2. The van der Waals surface area contributed by atoms with Gasteiger partial charge in [-0.1, -0.05) is 30.8 Å². The molecule has 1 amide bonds. The van der Waals surface area contributed by atoms with Gasteiger partial charge in [-0.15, -0.1) is 0 Å². The van der Waals surface area contributed by atoms with E-state index in [0.29, 0.717) is 35.2 Å². The van der Waals surface area contributed by atoms with Gasteiger partial charge >= 0.3 is 6.01 Å². The Morgan fingerprint density at radius 1 is 1.21 bits per heavy atom. The van der Waals surface area contributed by atoms with Crippen LogP contribution in [-0.4, -0.2) is 60.1 Å². The zero-order valence-electron chi connectivity index (χ0n) is 21.4. The highest BCUT2D eigenvalue weighted by molar-refractivity contribution is 5.94. The number of carbonyl (C=O) groups is 1. The number of nitrogens with zero attached hydrogens (tertiary/aromatic N) is 3. The van der Waals surface area contributed by atoms with Gasteiger partial charge in [0.15, 0.2) is 11.6 Å². The molecule has 0 bridgehead atoms. The van der Waals surface area contributed by atoms with E-state index in [4.69, 9.17) is 4.74 Å². The van der Waals surface area contributed by atoms with Gasteiger partial charge in [-0.2, -0.15) is 9.97 Å². The molecule has 2 heterocycles. The molecule has 1 aromatic heterocycles. The number of halogens is 2. The fourth-order valence-corrected chi connectivity index (χ4v) is 5.94. The van der Waals surface area contributed by atoms with E-state index in [2.05, 4.69) is 45.2 Å². The number of rotatable bonds is 9. The van der Waals surface area contributed by atoms with E-state index in [-0.39, 0.29) is 30.7 Å². The molecule has 198 valence electrons. The average molecular weight is 520 g/mol. The average Bonchev–Trinajstić information content (AvgIpc) is 3.38. The Balaban J connectivity index is 1.33. The van der Waals surface area contributed by atoms with Crippen molar-refractivity contribution in [3.8, 4) is 17.1 Å². The summed E-state index contributed by atoms with van der Waals surface area (Å²) in [5.41, 5.74) is 4.23. The maximum Gasteiger partial charge on any atom is 0.319 e. The van der Waals surface area contributed by atoms with E-state index in [1.807, 2.05) is 18.2 Å². The van der Waals surface area contributed by atoms with Gasteiger partial charge in [0.1, 0.15) is 17.9 Å². The molecular weight excluding hydrogens is 488 g/mol. The van der Waals surface area contributed by atoms with Crippen molar-refractivity contribution < 1.29 is 18.3 Å². The maximum atomic E-state index is 16.2. The predicted octanol–water partition coefficient (Wildman–Crippen LogP) is 4.58. The maximum absolute atomic E-state index is 16.2. The second-order valence-electron chi connectivity index (χ2n) is 10.5. The summed E-state index contributed by atoms with van der Waals surface area (Å²) in [7, 11) is 2.06. The van der Waals surface area contributed by atoms with Crippen LogP contribution in [0.3, 0.4) is 0 Å². The van der Waals surface area contributed by atoms with Crippen LogP contribution < -0.4 is 15.4 Å². The minimum atomic E-state index is -1.05. The minimum absolute atomic E-state index is 0.0954. The number of nitrogens with one attached hydrogen (secondary N) is 2. The Kier molecular flexibility index (Phi) is 6.47. The molecule has 3 aromatic rings. The van der Waals surface area contributed by atoms with E-state index >= 15 is 4.39 Å². The second-order valence-corrected chi connectivity index (χ2v) is 10.5. The van der Waals surface area contributed by atoms with Crippen molar-refractivity contribution in [2.45, 2.75) is 37.6 Å². The summed E-state index contributed by atoms with van der Waals surface area (Å²) in [6.07, 6.45) is 4.37. The summed E-state index contributed by atoms with van der Waals surface area (Å²) < 4.78 is 35.2. The number of aromatic nitrogens is 2. The first-order valence-corrected chi connectivity index (χ1v) is 13.2. The third-order valence-electron chi connectivity index (χ3n) is 8.07. The number of carbonyl (C=O) groups excluding carboxylic acids is 1. The van der Waals surface area contributed by atoms with Gasteiger partial charge in [0.2, 0.25) is 0 Å². The molecule has 38 heavy (non-hydrogen) atoms. The second kappa shape index (κ2) is 9.94. The highest BCUT2D eigenvalue weighted by atomic mass is 19.1. The van der Waals surface area contributed by atoms with Crippen LogP contribution in [-0.2, 0) is 11.2 Å². The van der Waals surface area contributed by atoms with Crippen molar-refractivity contribution in [3.63, 3.8) is 0 Å². The van der Waals surface area contributed by atoms with Gasteiger partial charge in [0.05, 0.1) is 0 Å². The number of anilines is 1.